The first-order valence-electron chi connectivity index (χ1n) is 16.6. The van der Waals surface area contributed by atoms with Crippen LogP contribution in [0.4, 0.5) is 14.9 Å². The molecule has 0 fully saturated rings. The zero-order chi connectivity index (χ0) is 37.3. The minimum atomic E-state index is -1.20. The van der Waals surface area contributed by atoms with Gasteiger partial charge in [0.25, 0.3) is 17.4 Å². The number of oxazole rings is 1. The van der Waals surface area contributed by atoms with Gasteiger partial charge in [0, 0.05) is 24.1 Å². The second-order valence-corrected chi connectivity index (χ2v) is 11.8. The van der Waals surface area contributed by atoms with E-state index in [1.165, 1.54) is 36.4 Å². The third-order valence-corrected chi connectivity index (χ3v) is 8.03. The van der Waals surface area contributed by atoms with Crippen molar-refractivity contribution in [2.24, 2.45) is 0 Å². The molecule has 2 aromatic heterocycles. The number of nitrogens with one attached hydrogen (secondary N) is 3. The van der Waals surface area contributed by atoms with Crippen molar-refractivity contribution in [3.63, 3.8) is 0 Å². The molecular formula is C39H33FN6O7. The van der Waals surface area contributed by atoms with Crippen LogP contribution in [0.2, 0.25) is 0 Å². The highest BCUT2D eigenvalue weighted by atomic mass is 19.1. The molecular weight excluding hydrogens is 683 g/mol. The molecule has 2 heterocycles. The Bertz CT molecular complexity index is 2330. The molecule has 3 amide bonds. The minimum Gasteiger partial charge on any atom is -0.444 e. The fourth-order valence-electron chi connectivity index (χ4n) is 5.45. The number of nitrogens with zero attached hydrogens (tertiary/aromatic N) is 3. The Hall–Kier alpha value is -6.96. The molecule has 53 heavy (non-hydrogen) atoms. The molecule has 6 rings (SSSR count). The molecule has 3 N–H and O–H groups in total. The molecule has 0 aliphatic rings. The lowest BCUT2D eigenvalue weighted by Gasteiger charge is -2.18. The SMILES string of the molecule is CCNC(=O)c1ccc2oc(C(=O)C(Cc3ccccc3)NC(=O)Cn3c(-c4ccc(F)cc4)ncc(NC(=O)OCc4ccccc4)c3=O)nc2c1. The van der Waals surface area contributed by atoms with Gasteiger partial charge in [-0.25, -0.2) is 19.2 Å². The molecule has 0 radical (unpaired) electrons. The number of carbonyl (C=O) groups excluding carboxylic acids is 4. The molecule has 0 saturated carbocycles. The molecule has 0 aliphatic heterocycles. The summed E-state index contributed by atoms with van der Waals surface area (Å²) in [4.78, 5) is 75.1. The number of fused-ring (bicyclic) bond motifs is 1. The smallest absolute Gasteiger partial charge is 0.412 e. The Morgan fingerprint density at radius 2 is 1.60 bits per heavy atom. The number of halogens is 1. The van der Waals surface area contributed by atoms with Crippen LogP contribution in [0.3, 0.4) is 0 Å². The normalized spacial score (nSPS) is 11.4. The quantitative estimate of drug-likeness (QED) is 0.134. The van der Waals surface area contributed by atoms with Gasteiger partial charge in [-0.05, 0) is 60.5 Å². The number of benzene rings is 4. The van der Waals surface area contributed by atoms with E-state index in [0.29, 0.717) is 23.2 Å². The zero-order valence-corrected chi connectivity index (χ0v) is 28.4. The first kappa shape index (κ1) is 35.9. The fourth-order valence-corrected chi connectivity index (χ4v) is 5.45. The lowest BCUT2D eigenvalue weighted by atomic mass is 10.0. The predicted octanol–water partition coefficient (Wildman–Crippen LogP) is 5.30. The number of aromatic nitrogens is 3. The summed E-state index contributed by atoms with van der Waals surface area (Å²) < 4.78 is 25.8. The van der Waals surface area contributed by atoms with Gasteiger partial charge >= 0.3 is 6.09 Å². The molecule has 0 spiro atoms. The number of anilines is 1. The summed E-state index contributed by atoms with van der Waals surface area (Å²) in [6.45, 7) is 1.51. The summed E-state index contributed by atoms with van der Waals surface area (Å²) in [7, 11) is 0. The Labute approximate surface area is 301 Å². The fraction of sp³-hybridized carbons (Fsp3) is 0.154. The van der Waals surface area contributed by atoms with Gasteiger partial charge in [0.05, 0.1) is 6.20 Å². The van der Waals surface area contributed by atoms with Crippen molar-refractivity contribution in [2.75, 3.05) is 11.9 Å². The summed E-state index contributed by atoms with van der Waals surface area (Å²) >= 11 is 0. The maximum atomic E-state index is 13.9. The highest BCUT2D eigenvalue weighted by molar-refractivity contribution is 6.01. The highest BCUT2D eigenvalue weighted by Gasteiger charge is 2.28. The van der Waals surface area contributed by atoms with Crippen LogP contribution >= 0.6 is 0 Å². The number of hydrogen-bond acceptors (Lipinski definition) is 9. The topological polar surface area (TPSA) is 175 Å². The third kappa shape index (κ3) is 8.86. The van der Waals surface area contributed by atoms with E-state index in [1.54, 1.807) is 67.6 Å². The number of rotatable bonds is 13. The van der Waals surface area contributed by atoms with E-state index in [1.807, 2.05) is 6.07 Å². The van der Waals surface area contributed by atoms with Crippen molar-refractivity contribution in [3.8, 4) is 11.4 Å². The van der Waals surface area contributed by atoms with Gasteiger partial charge in [-0.1, -0.05) is 60.7 Å². The molecule has 14 heteroatoms. The largest absolute Gasteiger partial charge is 0.444 e. The summed E-state index contributed by atoms with van der Waals surface area (Å²) in [5, 5.41) is 7.79. The van der Waals surface area contributed by atoms with Crippen molar-refractivity contribution in [1.82, 2.24) is 25.2 Å². The van der Waals surface area contributed by atoms with Crippen LogP contribution in [0.15, 0.2) is 119 Å². The zero-order valence-electron chi connectivity index (χ0n) is 28.4. The standard InChI is InChI=1S/C39H33FN6O7/c1-2-41-36(49)27-15-18-32-29(20-27)44-37(53-32)34(48)30(19-24-9-5-3-6-10-24)43-33(47)22-46-35(26-13-16-28(40)17-14-26)42-21-31(38(46)50)45-39(51)52-23-25-11-7-4-8-12-25/h3-18,20-21,30H,2,19,22-23H2,1H3,(H,41,49)(H,43,47)(H,45,51). The molecule has 0 bridgehead atoms. The molecule has 1 unspecified atom stereocenters. The van der Waals surface area contributed by atoms with Gasteiger partial charge in [-0.15, -0.1) is 0 Å². The summed E-state index contributed by atoms with van der Waals surface area (Å²) in [5.41, 5.74) is 1.53. The first-order valence-corrected chi connectivity index (χ1v) is 16.6. The lowest BCUT2D eigenvalue weighted by Crippen LogP contribution is -2.45. The van der Waals surface area contributed by atoms with E-state index in [9.17, 15) is 28.4 Å². The van der Waals surface area contributed by atoms with Crippen molar-refractivity contribution >= 4 is 40.5 Å². The van der Waals surface area contributed by atoms with Crippen LogP contribution in [0.25, 0.3) is 22.5 Å². The molecule has 13 nitrogen and oxygen atoms in total. The Morgan fingerprint density at radius 3 is 2.30 bits per heavy atom. The lowest BCUT2D eigenvalue weighted by molar-refractivity contribution is -0.122. The molecule has 4 aromatic carbocycles. The van der Waals surface area contributed by atoms with Crippen LogP contribution in [0.5, 0.6) is 0 Å². The summed E-state index contributed by atoms with van der Waals surface area (Å²) in [6.07, 6.45) is 0.232. The molecule has 1 atom stereocenters. The first-order chi connectivity index (χ1) is 25.7. The second-order valence-electron chi connectivity index (χ2n) is 11.8. The van der Waals surface area contributed by atoms with E-state index in [-0.39, 0.29) is 47.4 Å². The van der Waals surface area contributed by atoms with Crippen LogP contribution in [-0.4, -0.2) is 50.8 Å². The van der Waals surface area contributed by atoms with E-state index in [4.69, 9.17) is 9.15 Å². The average Bonchev–Trinajstić information content (AvgIpc) is 3.60. The van der Waals surface area contributed by atoms with Crippen molar-refractivity contribution in [2.45, 2.75) is 32.5 Å². The Kier molecular flexibility index (Phi) is 11.1. The third-order valence-electron chi connectivity index (χ3n) is 8.03. The van der Waals surface area contributed by atoms with Crippen LogP contribution < -0.4 is 21.5 Å². The van der Waals surface area contributed by atoms with Gasteiger partial charge in [-0.2, -0.15) is 0 Å². The monoisotopic (exact) mass is 716 g/mol. The van der Waals surface area contributed by atoms with Gasteiger partial charge in [-0.3, -0.25) is 29.1 Å². The average molecular weight is 717 g/mol. The number of carbonyl (C=O) groups is 4. The summed E-state index contributed by atoms with van der Waals surface area (Å²) in [5.74, 6) is -2.54. The number of ether oxygens (including phenoxy) is 1. The van der Waals surface area contributed by atoms with Crippen molar-refractivity contribution in [3.05, 3.63) is 148 Å². The van der Waals surface area contributed by atoms with Crippen LogP contribution in [-0.2, 0) is 29.1 Å². The molecule has 0 saturated heterocycles. The van der Waals surface area contributed by atoms with Gasteiger partial charge in [0.2, 0.25) is 11.7 Å². The van der Waals surface area contributed by atoms with E-state index < -0.39 is 41.7 Å². The van der Waals surface area contributed by atoms with E-state index in [2.05, 4.69) is 25.9 Å². The van der Waals surface area contributed by atoms with Crippen LogP contribution in [0.1, 0.15) is 39.1 Å². The van der Waals surface area contributed by atoms with Crippen LogP contribution in [0, 0.1) is 5.82 Å². The molecule has 0 aliphatic carbocycles. The number of amides is 3. The van der Waals surface area contributed by atoms with Crippen molar-refractivity contribution < 1.29 is 32.7 Å². The van der Waals surface area contributed by atoms with E-state index >= 15 is 0 Å². The Balaban J connectivity index is 1.27. The Morgan fingerprint density at radius 1 is 0.906 bits per heavy atom. The maximum Gasteiger partial charge on any atom is 0.412 e. The molecule has 268 valence electrons. The van der Waals surface area contributed by atoms with Gasteiger partial charge < -0.3 is 19.8 Å². The van der Waals surface area contributed by atoms with E-state index in [0.717, 1.165) is 16.3 Å². The van der Waals surface area contributed by atoms with Crippen molar-refractivity contribution in [1.29, 1.82) is 0 Å². The number of hydrogen-bond donors (Lipinski definition) is 3. The van der Waals surface area contributed by atoms with Gasteiger partial charge in [0.15, 0.2) is 5.58 Å². The summed E-state index contributed by atoms with van der Waals surface area (Å²) in [6, 6.07) is 26.4. The minimum absolute atomic E-state index is 0.00107. The highest BCUT2D eigenvalue weighted by Crippen LogP contribution is 2.21. The predicted molar refractivity (Wildman–Crippen MR) is 193 cm³/mol. The molecule has 6 aromatic rings. The number of Topliss-reactive ketones (excluding diaryl/α,β-unsaturated/α-hetero) is 1. The van der Waals surface area contributed by atoms with Gasteiger partial charge in [0.1, 0.15) is 42.0 Å². The second kappa shape index (κ2) is 16.4. The number of ketones is 1. The maximum absolute atomic E-state index is 13.9.